The fraction of sp³-hybridized carbons (Fsp3) is 0.200. The molecule has 1 aromatic carbocycles. The Bertz CT molecular complexity index is 1240. The van der Waals surface area contributed by atoms with Gasteiger partial charge in [0, 0.05) is 25.4 Å². The Morgan fingerprint density at radius 1 is 1.25 bits per heavy atom. The summed E-state index contributed by atoms with van der Waals surface area (Å²) < 4.78 is 22.1. The van der Waals surface area contributed by atoms with Crippen molar-refractivity contribution in [1.82, 2.24) is 34.5 Å². The van der Waals surface area contributed by atoms with Crippen LogP contribution in [0.1, 0.15) is 5.56 Å². The van der Waals surface area contributed by atoms with Crippen LogP contribution in [-0.2, 0) is 29.7 Å². The molecule has 0 amide bonds. The maximum absolute atomic E-state index is 14.3. The molecule has 4 aromatic rings. The van der Waals surface area contributed by atoms with Crippen LogP contribution in [0.5, 0.6) is 0 Å². The highest BCUT2D eigenvalue weighted by atomic mass is 19.1. The Balaban J connectivity index is 1.46. The van der Waals surface area contributed by atoms with Crippen LogP contribution in [0.3, 0.4) is 0 Å². The number of methoxy groups -OCH3 is 1. The predicted molar refractivity (Wildman–Crippen MR) is 113 cm³/mol. The molecule has 2 N–H and O–H groups in total. The summed E-state index contributed by atoms with van der Waals surface area (Å²) in [5.41, 5.74) is 2.94. The van der Waals surface area contributed by atoms with Crippen LogP contribution in [0.25, 0.3) is 11.1 Å². The fourth-order valence-electron chi connectivity index (χ4n) is 2.94. The lowest BCUT2D eigenvalue weighted by atomic mass is 10.1. The van der Waals surface area contributed by atoms with Crippen molar-refractivity contribution in [2.75, 3.05) is 17.7 Å². The molecule has 0 aliphatic heterocycles. The van der Waals surface area contributed by atoms with Crippen molar-refractivity contribution in [3.8, 4) is 11.1 Å². The number of halogens is 1. The zero-order valence-electron chi connectivity index (χ0n) is 17.4. The van der Waals surface area contributed by atoms with Crippen LogP contribution in [0, 0.1) is 5.82 Å². The molecule has 0 atom stereocenters. The molecule has 3 aromatic heterocycles. The van der Waals surface area contributed by atoms with Crippen molar-refractivity contribution >= 4 is 23.7 Å². The van der Waals surface area contributed by atoms with E-state index in [9.17, 15) is 9.18 Å². The zero-order chi connectivity index (χ0) is 22.5. The quantitative estimate of drug-likeness (QED) is 0.399. The number of nitrogens with zero attached hydrogens (tertiary/aromatic N) is 7. The van der Waals surface area contributed by atoms with Crippen molar-refractivity contribution in [1.29, 1.82) is 0 Å². The highest BCUT2D eigenvalue weighted by Crippen LogP contribution is 2.21. The number of hydrogen-bond donors (Lipinski definition) is 2. The third-order valence-corrected chi connectivity index (χ3v) is 4.54. The minimum absolute atomic E-state index is 0.0216. The maximum Gasteiger partial charge on any atom is 0.325 e. The topological polar surface area (TPSA) is 125 Å². The van der Waals surface area contributed by atoms with Gasteiger partial charge in [0.2, 0.25) is 11.9 Å². The molecular formula is C20H20FN9O2. The van der Waals surface area contributed by atoms with E-state index in [1.165, 1.54) is 18.0 Å². The van der Waals surface area contributed by atoms with Gasteiger partial charge in [-0.25, -0.2) is 9.37 Å². The number of carbonyl (C=O) groups is 1. The third kappa shape index (κ3) is 4.86. The number of aromatic nitrogens is 7. The summed E-state index contributed by atoms with van der Waals surface area (Å²) in [4.78, 5) is 19.6. The van der Waals surface area contributed by atoms with Gasteiger partial charge in [0.25, 0.3) is 0 Å². The molecular weight excluding hydrogens is 417 g/mol. The largest absolute Gasteiger partial charge is 0.468 e. The molecule has 0 aliphatic carbocycles. The molecule has 0 spiro atoms. The molecule has 4 rings (SSSR count). The summed E-state index contributed by atoms with van der Waals surface area (Å²) >= 11 is 0. The van der Waals surface area contributed by atoms with Crippen LogP contribution in [0.2, 0.25) is 0 Å². The second-order valence-corrected chi connectivity index (χ2v) is 6.83. The Hall–Kier alpha value is -4.35. The van der Waals surface area contributed by atoms with Gasteiger partial charge in [0.15, 0.2) is 11.6 Å². The standard InChI is InChI=1S/C20H20FN9O2/c1-29-10-15(8-25-29)14-5-3-4-13(6-14)7-22-18-16(21)9-23-19(26-18)27-20-28-24-12-30(20)11-17(31)32-2/h3-6,8-10,12H,7,11H2,1-2H3,(H2,22,23,26,27,28). The van der Waals surface area contributed by atoms with Crippen molar-refractivity contribution in [3.63, 3.8) is 0 Å². The number of rotatable bonds is 8. The second kappa shape index (κ2) is 9.20. The van der Waals surface area contributed by atoms with Gasteiger partial charge in [0.05, 0.1) is 19.5 Å². The Morgan fingerprint density at radius 3 is 2.91 bits per heavy atom. The van der Waals surface area contributed by atoms with E-state index in [-0.39, 0.29) is 24.3 Å². The minimum Gasteiger partial charge on any atom is -0.468 e. The zero-order valence-corrected chi connectivity index (χ0v) is 17.4. The molecule has 0 saturated heterocycles. The summed E-state index contributed by atoms with van der Waals surface area (Å²) in [7, 11) is 3.14. The normalized spacial score (nSPS) is 10.7. The smallest absolute Gasteiger partial charge is 0.325 e. The molecule has 32 heavy (non-hydrogen) atoms. The molecule has 12 heteroatoms. The van der Waals surface area contributed by atoms with Crippen molar-refractivity contribution in [2.24, 2.45) is 7.05 Å². The Labute approximate surface area is 182 Å². The molecule has 0 fully saturated rings. The average molecular weight is 437 g/mol. The number of carbonyl (C=O) groups excluding carboxylic acids is 1. The lowest BCUT2D eigenvalue weighted by Gasteiger charge is -2.10. The predicted octanol–water partition coefficient (Wildman–Crippen LogP) is 2.14. The number of esters is 1. The lowest BCUT2D eigenvalue weighted by molar-refractivity contribution is -0.141. The van der Waals surface area contributed by atoms with E-state index in [0.29, 0.717) is 6.54 Å². The van der Waals surface area contributed by atoms with Crippen molar-refractivity contribution < 1.29 is 13.9 Å². The maximum atomic E-state index is 14.3. The van der Waals surface area contributed by atoms with Gasteiger partial charge in [-0.05, 0) is 17.2 Å². The highest BCUT2D eigenvalue weighted by Gasteiger charge is 2.12. The molecule has 0 bridgehead atoms. The first-order chi connectivity index (χ1) is 15.5. The minimum atomic E-state index is -0.602. The Kier molecular flexibility index (Phi) is 6.01. The van der Waals surface area contributed by atoms with Gasteiger partial charge < -0.3 is 10.1 Å². The van der Waals surface area contributed by atoms with Crippen molar-refractivity contribution in [3.05, 3.63) is 60.6 Å². The number of benzene rings is 1. The number of hydrogen-bond acceptors (Lipinski definition) is 9. The fourth-order valence-corrected chi connectivity index (χ4v) is 2.94. The van der Waals surface area contributed by atoms with E-state index in [4.69, 9.17) is 0 Å². The van der Waals surface area contributed by atoms with Gasteiger partial charge in [-0.1, -0.05) is 18.2 Å². The van der Waals surface area contributed by atoms with E-state index in [1.54, 1.807) is 10.9 Å². The van der Waals surface area contributed by atoms with E-state index >= 15 is 0 Å². The SMILES string of the molecule is COC(=O)Cn1cnnc1Nc1ncc(F)c(NCc2cccc(-c3cnn(C)c3)c2)n1. The van der Waals surface area contributed by atoms with Crippen LogP contribution in [-0.4, -0.2) is 47.6 Å². The molecule has 3 heterocycles. The number of ether oxygens (including phenoxy) is 1. The third-order valence-electron chi connectivity index (χ3n) is 4.54. The second-order valence-electron chi connectivity index (χ2n) is 6.83. The molecule has 0 unspecified atom stereocenters. The van der Waals surface area contributed by atoms with Gasteiger partial charge >= 0.3 is 5.97 Å². The van der Waals surface area contributed by atoms with E-state index in [1.807, 2.05) is 37.5 Å². The number of nitrogens with one attached hydrogen (secondary N) is 2. The van der Waals surface area contributed by atoms with Crippen molar-refractivity contribution in [2.45, 2.75) is 13.1 Å². The summed E-state index contributed by atoms with van der Waals surface area (Å²) in [6, 6.07) is 7.84. The summed E-state index contributed by atoms with van der Waals surface area (Å²) in [5.74, 6) is -0.735. The molecule has 164 valence electrons. The lowest BCUT2D eigenvalue weighted by Crippen LogP contribution is -2.14. The van der Waals surface area contributed by atoms with E-state index in [2.05, 4.69) is 40.6 Å². The Morgan fingerprint density at radius 2 is 2.12 bits per heavy atom. The average Bonchev–Trinajstić information content (AvgIpc) is 3.43. The number of aryl methyl sites for hydroxylation is 1. The van der Waals surface area contributed by atoms with Gasteiger partial charge in [-0.2, -0.15) is 10.1 Å². The first-order valence-electron chi connectivity index (χ1n) is 9.58. The summed E-state index contributed by atoms with van der Waals surface area (Å²) in [6.45, 7) is 0.255. The summed E-state index contributed by atoms with van der Waals surface area (Å²) in [6.07, 6.45) is 6.11. The molecule has 0 saturated carbocycles. The van der Waals surface area contributed by atoms with Crippen LogP contribution < -0.4 is 10.6 Å². The van der Waals surface area contributed by atoms with Crippen LogP contribution >= 0.6 is 0 Å². The van der Waals surface area contributed by atoms with Gasteiger partial charge in [-0.15, -0.1) is 10.2 Å². The van der Waals surface area contributed by atoms with Crippen LogP contribution in [0.4, 0.5) is 22.1 Å². The van der Waals surface area contributed by atoms with Crippen LogP contribution in [0.15, 0.2) is 49.2 Å². The molecule has 11 nitrogen and oxygen atoms in total. The van der Waals surface area contributed by atoms with E-state index < -0.39 is 11.8 Å². The summed E-state index contributed by atoms with van der Waals surface area (Å²) in [5, 5.41) is 17.6. The highest BCUT2D eigenvalue weighted by molar-refractivity contribution is 5.69. The first-order valence-corrected chi connectivity index (χ1v) is 9.58. The monoisotopic (exact) mass is 437 g/mol. The molecule has 0 aliphatic rings. The van der Waals surface area contributed by atoms with Gasteiger partial charge in [-0.3, -0.25) is 19.4 Å². The number of anilines is 3. The molecule has 0 radical (unpaired) electrons. The van der Waals surface area contributed by atoms with Gasteiger partial charge in [0.1, 0.15) is 12.9 Å². The first kappa shape index (κ1) is 20.9. The van der Waals surface area contributed by atoms with E-state index in [0.717, 1.165) is 22.9 Å².